The molecule has 4 unspecified atom stereocenters. The molecule has 0 aromatic rings. The number of carboxylic acids is 1. The average molecular weight is 363 g/mol. The van der Waals surface area contributed by atoms with Crippen LogP contribution in [0.4, 0.5) is 0 Å². The third-order valence-electron chi connectivity index (χ3n) is 3.35. The fourth-order valence-corrected chi connectivity index (χ4v) is 2.51. The van der Waals surface area contributed by atoms with Crippen LogP contribution < -0.4 is 16.4 Å². The standard InChI is InChI=1S/C15H29N3O5S/c1-8(2)7-10(16)13(20)18-12(9(3)19)14(21)17-11(15(22)23)5-6-24-4/h8-12,19H,5-7,16H2,1-4H3,(H,17,21)(H,18,20)(H,22,23). The molecule has 8 nitrogen and oxygen atoms in total. The molecule has 0 aliphatic rings. The van der Waals surface area contributed by atoms with Crippen LogP contribution in [0.15, 0.2) is 0 Å². The van der Waals surface area contributed by atoms with Crippen molar-refractivity contribution in [1.82, 2.24) is 10.6 Å². The van der Waals surface area contributed by atoms with Crippen molar-refractivity contribution in [2.24, 2.45) is 11.7 Å². The van der Waals surface area contributed by atoms with Crippen LogP contribution in [0.2, 0.25) is 0 Å². The van der Waals surface area contributed by atoms with Gasteiger partial charge in [-0.3, -0.25) is 9.59 Å². The minimum atomic E-state index is -1.26. The highest BCUT2D eigenvalue weighted by atomic mass is 32.2. The molecule has 0 aliphatic heterocycles. The molecule has 140 valence electrons. The van der Waals surface area contributed by atoms with E-state index in [1.165, 1.54) is 18.7 Å². The first kappa shape index (κ1) is 22.7. The molecule has 0 aromatic carbocycles. The maximum absolute atomic E-state index is 12.2. The zero-order valence-corrected chi connectivity index (χ0v) is 15.4. The Morgan fingerprint density at radius 3 is 2.12 bits per heavy atom. The van der Waals surface area contributed by atoms with Gasteiger partial charge in [0.25, 0.3) is 0 Å². The van der Waals surface area contributed by atoms with Crippen LogP contribution >= 0.6 is 11.8 Å². The van der Waals surface area contributed by atoms with Crippen molar-refractivity contribution in [3.8, 4) is 0 Å². The van der Waals surface area contributed by atoms with Crippen LogP contribution in [-0.4, -0.2) is 64.2 Å². The number of aliphatic hydroxyl groups excluding tert-OH is 1. The van der Waals surface area contributed by atoms with Crippen LogP contribution in [0.1, 0.15) is 33.6 Å². The van der Waals surface area contributed by atoms with Crippen molar-refractivity contribution < 1.29 is 24.6 Å². The third-order valence-corrected chi connectivity index (χ3v) is 3.99. The maximum atomic E-state index is 12.2. The van der Waals surface area contributed by atoms with E-state index in [2.05, 4.69) is 10.6 Å². The summed E-state index contributed by atoms with van der Waals surface area (Å²) in [6.07, 6.45) is 1.33. The lowest BCUT2D eigenvalue weighted by molar-refractivity contribution is -0.143. The SMILES string of the molecule is CSCCC(NC(=O)C(NC(=O)C(N)CC(C)C)C(C)O)C(=O)O. The van der Waals surface area contributed by atoms with Gasteiger partial charge in [0, 0.05) is 0 Å². The minimum Gasteiger partial charge on any atom is -0.480 e. The van der Waals surface area contributed by atoms with E-state index in [0.29, 0.717) is 12.2 Å². The molecule has 0 heterocycles. The summed E-state index contributed by atoms with van der Waals surface area (Å²) in [5.41, 5.74) is 5.76. The molecule has 0 spiro atoms. The Morgan fingerprint density at radius 1 is 1.12 bits per heavy atom. The number of hydrogen-bond donors (Lipinski definition) is 5. The normalized spacial score (nSPS) is 16.1. The van der Waals surface area contributed by atoms with Gasteiger partial charge in [0.1, 0.15) is 12.1 Å². The lowest BCUT2D eigenvalue weighted by atomic mass is 10.0. The number of amides is 2. The first-order valence-corrected chi connectivity index (χ1v) is 9.25. The smallest absolute Gasteiger partial charge is 0.326 e. The molecular formula is C15H29N3O5S. The molecule has 9 heteroatoms. The Hall–Kier alpha value is -1.32. The van der Waals surface area contributed by atoms with Gasteiger partial charge >= 0.3 is 5.97 Å². The summed E-state index contributed by atoms with van der Waals surface area (Å²) in [6, 6.07) is -3.13. The van der Waals surface area contributed by atoms with Crippen molar-refractivity contribution in [3.63, 3.8) is 0 Å². The Labute approximate surface area is 146 Å². The summed E-state index contributed by atoms with van der Waals surface area (Å²) in [4.78, 5) is 35.5. The van der Waals surface area contributed by atoms with Crippen molar-refractivity contribution in [1.29, 1.82) is 0 Å². The third kappa shape index (κ3) is 8.51. The van der Waals surface area contributed by atoms with E-state index in [1.54, 1.807) is 0 Å². The fraction of sp³-hybridized carbons (Fsp3) is 0.800. The molecule has 0 bridgehead atoms. The van der Waals surface area contributed by atoms with Crippen LogP contribution in [-0.2, 0) is 14.4 Å². The predicted molar refractivity (Wildman–Crippen MR) is 93.6 cm³/mol. The summed E-state index contributed by atoms with van der Waals surface area (Å²) in [5, 5.41) is 23.6. The molecule has 24 heavy (non-hydrogen) atoms. The fourth-order valence-electron chi connectivity index (χ4n) is 2.04. The van der Waals surface area contributed by atoms with Gasteiger partial charge < -0.3 is 26.6 Å². The van der Waals surface area contributed by atoms with E-state index < -0.39 is 42.0 Å². The molecule has 0 saturated heterocycles. The van der Waals surface area contributed by atoms with Gasteiger partial charge in [0.15, 0.2) is 0 Å². The Balaban J connectivity index is 4.88. The number of carbonyl (C=O) groups is 3. The summed E-state index contributed by atoms with van der Waals surface area (Å²) < 4.78 is 0. The monoisotopic (exact) mass is 363 g/mol. The van der Waals surface area contributed by atoms with Crippen LogP contribution in [0, 0.1) is 5.92 Å². The van der Waals surface area contributed by atoms with Crippen molar-refractivity contribution in [2.45, 2.75) is 57.8 Å². The number of aliphatic hydroxyl groups is 1. The molecule has 0 fully saturated rings. The molecule has 0 radical (unpaired) electrons. The topological polar surface area (TPSA) is 142 Å². The number of nitrogens with two attached hydrogens (primary N) is 1. The molecule has 0 aliphatic carbocycles. The molecule has 2 amide bonds. The van der Waals surface area contributed by atoms with Gasteiger partial charge in [-0.1, -0.05) is 13.8 Å². The maximum Gasteiger partial charge on any atom is 0.326 e. The number of carboxylic acid groups (broad SMARTS) is 1. The van der Waals surface area contributed by atoms with Crippen molar-refractivity contribution >= 4 is 29.5 Å². The Morgan fingerprint density at radius 2 is 1.71 bits per heavy atom. The van der Waals surface area contributed by atoms with Gasteiger partial charge in [0.05, 0.1) is 12.1 Å². The van der Waals surface area contributed by atoms with Crippen LogP contribution in [0.3, 0.4) is 0 Å². The highest BCUT2D eigenvalue weighted by Crippen LogP contribution is 2.05. The van der Waals surface area contributed by atoms with Gasteiger partial charge in [-0.05, 0) is 37.7 Å². The number of nitrogens with one attached hydrogen (secondary N) is 2. The summed E-state index contributed by atoms with van der Waals surface area (Å²) in [5.74, 6) is -1.70. The molecule has 4 atom stereocenters. The molecular weight excluding hydrogens is 334 g/mol. The lowest BCUT2D eigenvalue weighted by Gasteiger charge is -2.25. The van der Waals surface area contributed by atoms with Crippen molar-refractivity contribution in [3.05, 3.63) is 0 Å². The minimum absolute atomic E-state index is 0.201. The van der Waals surface area contributed by atoms with E-state index in [9.17, 15) is 19.5 Å². The number of hydrogen-bond acceptors (Lipinski definition) is 6. The van der Waals surface area contributed by atoms with Crippen molar-refractivity contribution in [2.75, 3.05) is 12.0 Å². The molecule has 6 N–H and O–H groups in total. The molecule has 0 aromatic heterocycles. The Kier molecular flexibility index (Phi) is 10.7. The second-order valence-corrected chi connectivity index (χ2v) is 7.13. The highest BCUT2D eigenvalue weighted by molar-refractivity contribution is 7.98. The number of aliphatic carboxylic acids is 1. The first-order valence-electron chi connectivity index (χ1n) is 7.86. The summed E-state index contributed by atoms with van der Waals surface area (Å²) in [7, 11) is 0. The zero-order chi connectivity index (χ0) is 18.9. The second-order valence-electron chi connectivity index (χ2n) is 6.14. The van der Waals surface area contributed by atoms with Crippen LogP contribution in [0.5, 0.6) is 0 Å². The van der Waals surface area contributed by atoms with E-state index in [-0.39, 0.29) is 12.3 Å². The second kappa shape index (κ2) is 11.3. The lowest BCUT2D eigenvalue weighted by Crippen LogP contribution is -2.58. The number of rotatable bonds is 11. The van der Waals surface area contributed by atoms with Crippen LogP contribution in [0.25, 0.3) is 0 Å². The van der Waals surface area contributed by atoms with Gasteiger partial charge in [-0.25, -0.2) is 4.79 Å². The van der Waals surface area contributed by atoms with Gasteiger partial charge in [-0.2, -0.15) is 11.8 Å². The van der Waals surface area contributed by atoms with E-state index in [0.717, 1.165) is 0 Å². The van der Waals surface area contributed by atoms with Gasteiger partial charge in [0.2, 0.25) is 11.8 Å². The summed E-state index contributed by atoms with van der Waals surface area (Å²) >= 11 is 1.46. The largest absolute Gasteiger partial charge is 0.480 e. The van der Waals surface area contributed by atoms with Gasteiger partial charge in [-0.15, -0.1) is 0 Å². The average Bonchev–Trinajstić information content (AvgIpc) is 2.46. The first-order chi connectivity index (χ1) is 11.1. The van der Waals surface area contributed by atoms with E-state index in [4.69, 9.17) is 10.8 Å². The molecule has 0 rings (SSSR count). The molecule has 0 saturated carbocycles. The number of carbonyl (C=O) groups excluding carboxylic acids is 2. The highest BCUT2D eigenvalue weighted by Gasteiger charge is 2.30. The number of thioether (sulfide) groups is 1. The van der Waals surface area contributed by atoms with E-state index >= 15 is 0 Å². The Bertz CT molecular complexity index is 431. The quantitative estimate of drug-likeness (QED) is 0.334. The summed E-state index contributed by atoms with van der Waals surface area (Å²) in [6.45, 7) is 5.17. The predicted octanol–water partition coefficient (Wildman–Crippen LogP) is -0.452. The zero-order valence-electron chi connectivity index (χ0n) is 14.6. The van der Waals surface area contributed by atoms with E-state index in [1.807, 2.05) is 20.1 Å².